The summed E-state index contributed by atoms with van der Waals surface area (Å²) < 4.78 is 6.03. The van der Waals surface area contributed by atoms with Crippen molar-refractivity contribution in [1.82, 2.24) is 0 Å². The molecule has 2 aliphatic carbocycles. The molecule has 0 radical (unpaired) electrons. The Morgan fingerprint density at radius 3 is 2.53 bits per heavy atom. The van der Waals surface area contributed by atoms with Crippen LogP contribution in [0.2, 0.25) is 0 Å². The maximum absolute atomic E-state index is 10.1. The molecule has 0 saturated heterocycles. The van der Waals surface area contributed by atoms with Crippen molar-refractivity contribution in [2.45, 2.75) is 83.3 Å². The summed E-state index contributed by atoms with van der Waals surface area (Å²) in [5, 5.41) is 10.1. The lowest BCUT2D eigenvalue weighted by Gasteiger charge is -2.55. The highest BCUT2D eigenvalue weighted by atomic mass is 16.5. The van der Waals surface area contributed by atoms with Gasteiger partial charge in [-0.1, -0.05) is 45.4 Å². The lowest BCUT2D eigenvalue weighted by molar-refractivity contribution is -0.206. The molecule has 2 fully saturated rings. The Balaban J connectivity index is 1.70. The number of aliphatic hydroxyl groups is 1. The molecule has 0 bridgehead atoms. The number of hydrogen-bond donors (Lipinski definition) is 1. The zero-order valence-electron chi connectivity index (χ0n) is 11.3. The van der Waals surface area contributed by atoms with Crippen LogP contribution in [0, 0.1) is 5.41 Å². The average Bonchev–Trinajstić information content (AvgIpc) is 2.38. The molecular weight excluding hydrogens is 212 g/mol. The van der Waals surface area contributed by atoms with Crippen molar-refractivity contribution in [3.8, 4) is 0 Å². The predicted molar refractivity (Wildman–Crippen MR) is 70.0 cm³/mol. The van der Waals surface area contributed by atoms with E-state index >= 15 is 0 Å². The van der Waals surface area contributed by atoms with Crippen molar-refractivity contribution in [2.75, 3.05) is 6.61 Å². The van der Waals surface area contributed by atoms with E-state index in [0.29, 0.717) is 6.10 Å². The number of unbranched alkanes of at least 4 members (excludes halogenated alkanes) is 3. The lowest BCUT2D eigenvalue weighted by Crippen LogP contribution is -2.59. The summed E-state index contributed by atoms with van der Waals surface area (Å²) in [6.45, 7) is 3.14. The van der Waals surface area contributed by atoms with Crippen LogP contribution in [0.5, 0.6) is 0 Å². The van der Waals surface area contributed by atoms with Crippen LogP contribution in [0.3, 0.4) is 0 Å². The highest BCUT2D eigenvalue weighted by Crippen LogP contribution is 2.53. The van der Waals surface area contributed by atoms with Crippen molar-refractivity contribution in [1.29, 1.82) is 0 Å². The van der Waals surface area contributed by atoms with Gasteiger partial charge in [0.15, 0.2) is 0 Å². The maximum Gasteiger partial charge on any atom is 0.0680 e. The zero-order chi connectivity index (χ0) is 12.1. The van der Waals surface area contributed by atoms with E-state index in [4.69, 9.17) is 4.74 Å². The molecular formula is C15H28O2. The highest BCUT2D eigenvalue weighted by Gasteiger charge is 2.54. The van der Waals surface area contributed by atoms with Gasteiger partial charge in [-0.3, -0.25) is 0 Å². The van der Waals surface area contributed by atoms with E-state index in [1.165, 1.54) is 57.8 Å². The Morgan fingerprint density at radius 1 is 1.12 bits per heavy atom. The first-order valence-electron chi connectivity index (χ1n) is 7.59. The molecule has 1 spiro atoms. The van der Waals surface area contributed by atoms with E-state index < -0.39 is 0 Å². The molecule has 2 unspecified atom stereocenters. The number of aliphatic hydroxyl groups excluding tert-OH is 1. The van der Waals surface area contributed by atoms with Crippen molar-refractivity contribution in [3.05, 3.63) is 0 Å². The van der Waals surface area contributed by atoms with Gasteiger partial charge in [0.2, 0.25) is 0 Å². The van der Waals surface area contributed by atoms with E-state index in [-0.39, 0.29) is 11.5 Å². The van der Waals surface area contributed by atoms with Gasteiger partial charge in [-0.25, -0.2) is 0 Å². The molecule has 0 aromatic carbocycles. The van der Waals surface area contributed by atoms with Gasteiger partial charge in [-0.15, -0.1) is 0 Å². The molecule has 0 aromatic rings. The Bertz CT molecular complexity index is 221. The van der Waals surface area contributed by atoms with Crippen molar-refractivity contribution in [2.24, 2.45) is 5.41 Å². The molecule has 2 nitrogen and oxygen atoms in total. The van der Waals surface area contributed by atoms with Gasteiger partial charge in [-0.05, 0) is 19.3 Å². The summed E-state index contributed by atoms with van der Waals surface area (Å²) in [5.41, 5.74) is 0.156. The standard InChI is InChI=1S/C15H28O2/c1-2-3-4-8-11-17-14-12-13(16)15(14)9-6-5-7-10-15/h13-14,16H,2-12H2,1H3. The fourth-order valence-corrected chi connectivity index (χ4v) is 3.58. The first kappa shape index (κ1) is 13.4. The summed E-state index contributed by atoms with van der Waals surface area (Å²) >= 11 is 0. The van der Waals surface area contributed by atoms with Gasteiger partial charge in [-0.2, -0.15) is 0 Å². The molecule has 2 saturated carbocycles. The van der Waals surface area contributed by atoms with Gasteiger partial charge in [0.05, 0.1) is 12.2 Å². The average molecular weight is 240 g/mol. The number of ether oxygens (including phenoxy) is 1. The quantitative estimate of drug-likeness (QED) is 0.718. The van der Waals surface area contributed by atoms with Gasteiger partial charge >= 0.3 is 0 Å². The Morgan fingerprint density at radius 2 is 1.88 bits per heavy atom. The predicted octanol–water partition coefficient (Wildman–Crippen LogP) is 3.67. The third-order valence-electron chi connectivity index (χ3n) is 4.84. The van der Waals surface area contributed by atoms with E-state index in [1.54, 1.807) is 0 Å². The molecule has 100 valence electrons. The first-order valence-corrected chi connectivity index (χ1v) is 7.59. The molecule has 2 atom stereocenters. The second-order valence-electron chi connectivity index (χ2n) is 5.97. The van der Waals surface area contributed by atoms with E-state index in [2.05, 4.69) is 6.92 Å². The van der Waals surface area contributed by atoms with Gasteiger partial charge in [0.25, 0.3) is 0 Å². The van der Waals surface area contributed by atoms with E-state index in [0.717, 1.165) is 13.0 Å². The SMILES string of the molecule is CCCCCCOC1CC(O)C12CCCCC2. The minimum atomic E-state index is -0.0801. The van der Waals surface area contributed by atoms with E-state index in [9.17, 15) is 5.11 Å². The normalized spacial score (nSPS) is 31.4. The smallest absolute Gasteiger partial charge is 0.0680 e. The highest BCUT2D eigenvalue weighted by molar-refractivity contribution is 5.05. The topological polar surface area (TPSA) is 29.5 Å². The second-order valence-corrected chi connectivity index (χ2v) is 5.97. The zero-order valence-corrected chi connectivity index (χ0v) is 11.3. The van der Waals surface area contributed by atoms with Crippen molar-refractivity contribution >= 4 is 0 Å². The third-order valence-corrected chi connectivity index (χ3v) is 4.84. The minimum absolute atomic E-state index is 0.0801. The molecule has 2 aliphatic rings. The van der Waals surface area contributed by atoms with Crippen LogP contribution in [0.1, 0.15) is 71.1 Å². The number of hydrogen-bond acceptors (Lipinski definition) is 2. The molecule has 0 amide bonds. The summed E-state index contributed by atoms with van der Waals surface area (Å²) in [6.07, 6.45) is 12.5. The molecule has 0 aliphatic heterocycles. The van der Waals surface area contributed by atoms with Crippen LogP contribution in [0.25, 0.3) is 0 Å². The Kier molecular flexibility index (Phi) is 4.87. The molecule has 2 heteroatoms. The Labute approximate surface area is 106 Å². The van der Waals surface area contributed by atoms with E-state index in [1.807, 2.05) is 0 Å². The maximum atomic E-state index is 10.1. The molecule has 0 heterocycles. The van der Waals surface area contributed by atoms with Gasteiger partial charge in [0, 0.05) is 18.4 Å². The summed E-state index contributed by atoms with van der Waals surface area (Å²) in [6, 6.07) is 0. The van der Waals surface area contributed by atoms with Crippen LogP contribution in [0.15, 0.2) is 0 Å². The van der Waals surface area contributed by atoms with Crippen LogP contribution < -0.4 is 0 Å². The molecule has 1 N–H and O–H groups in total. The first-order chi connectivity index (χ1) is 8.29. The third kappa shape index (κ3) is 2.85. The van der Waals surface area contributed by atoms with Crippen molar-refractivity contribution in [3.63, 3.8) is 0 Å². The largest absolute Gasteiger partial charge is 0.392 e. The van der Waals surface area contributed by atoms with Crippen LogP contribution in [-0.4, -0.2) is 23.9 Å². The molecule has 0 aromatic heterocycles. The number of rotatable bonds is 6. The summed E-state index contributed by atoms with van der Waals surface area (Å²) in [5.74, 6) is 0. The fourth-order valence-electron chi connectivity index (χ4n) is 3.58. The fraction of sp³-hybridized carbons (Fsp3) is 1.00. The summed E-state index contributed by atoms with van der Waals surface area (Å²) in [4.78, 5) is 0. The lowest BCUT2D eigenvalue weighted by atomic mass is 9.56. The minimum Gasteiger partial charge on any atom is -0.392 e. The van der Waals surface area contributed by atoms with Gasteiger partial charge < -0.3 is 9.84 Å². The molecule has 2 rings (SSSR count). The van der Waals surface area contributed by atoms with Crippen LogP contribution in [-0.2, 0) is 4.74 Å². The van der Waals surface area contributed by atoms with Crippen LogP contribution >= 0.6 is 0 Å². The second kappa shape index (κ2) is 6.19. The Hall–Kier alpha value is -0.0800. The van der Waals surface area contributed by atoms with Crippen LogP contribution in [0.4, 0.5) is 0 Å². The monoisotopic (exact) mass is 240 g/mol. The molecule has 17 heavy (non-hydrogen) atoms. The summed E-state index contributed by atoms with van der Waals surface area (Å²) in [7, 11) is 0. The van der Waals surface area contributed by atoms with Gasteiger partial charge in [0.1, 0.15) is 0 Å². The van der Waals surface area contributed by atoms with Crippen molar-refractivity contribution < 1.29 is 9.84 Å².